The first-order chi connectivity index (χ1) is 23.7. The molecule has 0 saturated carbocycles. The first-order valence-electron chi connectivity index (χ1n) is 13.0. The van der Waals surface area contributed by atoms with Crippen molar-refractivity contribution in [2.75, 3.05) is 0 Å². The van der Waals surface area contributed by atoms with Crippen LogP contribution < -0.4 is 0 Å². The summed E-state index contributed by atoms with van der Waals surface area (Å²) < 4.78 is 44.6. The third-order valence-corrected chi connectivity index (χ3v) is 7.49. The molecule has 0 atom stereocenters. The van der Waals surface area contributed by atoms with E-state index in [-0.39, 0.29) is 11.1 Å². The zero-order valence-electron chi connectivity index (χ0n) is 23.9. The van der Waals surface area contributed by atoms with Crippen molar-refractivity contribution >= 4 is 39.2 Å². The van der Waals surface area contributed by atoms with Crippen LogP contribution in [-0.4, -0.2) is 4.98 Å². The van der Waals surface area contributed by atoms with E-state index in [4.69, 9.17) is 26.3 Å². The van der Waals surface area contributed by atoms with E-state index in [1.807, 2.05) is 18.2 Å². The van der Waals surface area contributed by atoms with Gasteiger partial charge in [-0.25, -0.2) is 43.7 Å². The van der Waals surface area contributed by atoms with Crippen LogP contribution >= 0.6 is 0 Å². The number of halogens is 3. The highest BCUT2D eigenvalue weighted by Gasteiger charge is 2.44. The number of pyridine rings is 1. The average Bonchev–Trinajstić information content (AvgIpc) is 3.62. The Morgan fingerprint density at radius 2 is 1.22 bits per heavy atom. The van der Waals surface area contributed by atoms with Gasteiger partial charge < -0.3 is 0 Å². The Balaban J connectivity index is 2.14. The normalized spacial score (nSPS) is 14.1. The van der Waals surface area contributed by atoms with Crippen molar-refractivity contribution in [1.29, 1.82) is 31.6 Å². The molecule has 0 radical (unpaired) electrons. The third-order valence-electron chi connectivity index (χ3n) is 7.49. The molecule has 1 aromatic heterocycles. The molecule has 0 aliphatic heterocycles. The summed E-state index contributed by atoms with van der Waals surface area (Å²) in [5.41, 5.74) is -9.77. The molecular formula is C35H4F3N11. The SMILES string of the molecule is [C-]#[N+]C1=C(c2cc(F)c([N+]#[C-])cc2F)/C(=C(/C#N)[N+]#[C-])c2c(C#N)c3c(c(C#N)c21)/C(=C(/C#N)[N+]#[C-])C(c1ccc(F)nc1C#N)=C3C#N. The summed E-state index contributed by atoms with van der Waals surface area (Å²) in [5, 5.41) is 61.6. The van der Waals surface area contributed by atoms with Crippen LogP contribution in [-0.2, 0) is 0 Å². The van der Waals surface area contributed by atoms with E-state index in [1.54, 1.807) is 18.2 Å². The molecule has 0 amide bonds. The molecule has 14 heteroatoms. The van der Waals surface area contributed by atoms with Crippen LogP contribution in [0.15, 0.2) is 35.7 Å². The van der Waals surface area contributed by atoms with Gasteiger partial charge in [0.05, 0.1) is 61.2 Å². The second-order valence-electron chi connectivity index (χ2n) is 9.60. The van der Waals surface area contributed by atoms with Crippen LogP contribution in [0.4, 0.5) is 18.9 Å². The molecule has 3 aromatic rings. The zero-order valence-corrected chi connectivity index (χ0v) is 23.9. The van der Waals surface area contributed by atoms with Gasteiger partial charge in [0.1, 0.15) is 29.8 Å². The van der Waals surface area contributed by atoms with Gasteiger partial charge in [-0.15, -0.1) is 0 Å². The van der Waals surface area contributed by atoms with Gasteiger partial charge in [-0.3, -0.25) is 0 Å². The van der Waals surface area contributed by atoms with E-state index in [0.29, 0.717) is 12.1 Å². The first-order valence-corrected chi connectivity index (χ1v) is 13.0. The molecule has 5 rings (SSSR count). The van der Waals surface area contributed by atoms with Crippen molar-refractivity contribution in [3.05, 3.63) is 149 Å². The van der Waals surface area contributed by atoms with Crippen molar-refractivity contribution in [3.63, 3.8) is 0 Å². The Bertz CT molecular complexity index is 2710. The number of aromatic nitrogens is 1. The predicted octanol–water partition coefficient (Wildman–Crippen LogP) is 7.22. The maximum absolute atomic E-state index is 15.6. The van der Waals surface area contributed by atoms with Gasteiger partial charge in [-0.2, -0.15) is 25.4 Å². The summed E-state index contributed by atoms with van der Waals surface area (Å²) in [5.74, 6) is -3.58. The molecule has 0 saturated heterocycles. The minimum atomic E-state index is -1.26. The lowest BCUT2D eigenvalue weighted by atomic mass is 9.84. The third kappa shape index (κ3) is 4.32. The Morgan fingerprint density at radius 3 is 1.73 bits per heavy atom. The topological polar surface area (TPSA) is 173 Å². The van der Waals surface area contributed by atoms with Crippen LogP contribution in [0.2, 0.25) is 0 Å². The maximum Gasteiger partial charge on any atom is 0.270 e. The van der Waals surface area contributed by atoms with E-state index in [9.17, 15) is 40.4 Å². The second-order valence-corrected chi connectivity index (χ2v) is 9.60. The minimum Gasteiger partial charge on any atom is -0.237 e. The Kier molecular flexibility index (Phi) is 7.73. The lowest BCUT2D eigenvalue weighted by Gasteiger charge is -2.17. The summed E-state index contributed by atoms with van der Waals surface area (Å²) in [7, 11) is 0. The average molecular weight is 635 g/mol. The molecule has 0 bridgehead atoms. The molecule has 2 aromatic carbocycles. The number of hydrogen-bond donors (Lipinski definition) is 0. The van der Waals surface area contributed by atoms with Crippen LogP contribution in [0, 0.1) is 112 Å². The number of rotatable bonds is 2. The van der Waals surface area contributed by atoms with E-state index in [2.05, 4.69) is 24.4 Å². The molecule has 11 nitrogen and oxygen atoms in total. The first kappa shape index (κ1) is 31.7. The van der Waals surface area contributed by atoms with Crippen molar-refractivity contribution < 1.29 is 13.2 Å². The van der Waals surface area contributed by atoms with Crippen LogP contribution in [0.3, 0.4) is 0 Å². The van der Waals surface area contributed by atoms with Gasteiger partial charge in [0.15, 0.2) is 5.69 Å². The fraction of sp³-hybridized carbons (Fsp3) is 0. The highest BCUT2D eigenvalue weighted by molar-refractivity contribution is 6.31. The van der Waals surface area contributed by atoms with Gasteiger partial charge in [0, 0.05) is 33.4 Å². The molecule has 2 aliphatic carbocycles. The zero-order chi connectivity index (χ0) is 35.7. The molecule has 0 spiro atoms. The highest BCUT2D eigenvalue weighted by Crippen LogP contribution is 2.59. The quantitative estimate of drug-likeness (QED) is 0.162. The van der Waals surface area contributed by atoms with Crippen molar-refractivity contribution in [3.8, 4) is 36.4 Å². The number of benzene rings is 2. The molecule has 49 heavy (non-hydrogen) atoms. The lowest BCUT2D eigenvalue weighted by molar-refractivity contribution is 0.582. The minimum absolute atomic E-state index is 0.260. The molecule has 220 valence electrons. The number of nitriles is 6. The van der Waals surface area contributed by atoms with Crippen LogP contribution in [0.25, 0.3) is 52.9 Å². The number of fused-ring (bicyclic) bond motifs is 2. The molecule has 2 aliphatic rings. The Hall–Kier alpha value is -8.76. The van der Waals surface area contributed by atoms with Crippen molar-refractivity contribution in [1.82, 2.24) is 4.98 Å². The van der Waals surface area contributed by atoms with E-state index in [0.717, 1.165) is 12.1 Å². The molecular weight excluding hydrogens is 631 g/mol. The lowest BCUT2D eigenvalue weighted by Crippen LogP contribution is -2.04. The number of allylic oxidation sites excluding steroid dienone is 7. The summed E-state index contributed by atoms with van der Waals surface area (Å²) >= 11 is 0. The van der Waals surface area contributed by atoms with Crippen molar-refractivity contribution in [2.24, 2.45) is 0 Å². The van der Waals surface area contributed by atoms with Gasteiger partial charge in [-0.1, -0.05) is 0 Å². The van der Waals surface area contributed by atoms with E-state index >= 15 is 4.39 Å². The van der Waals surface area contributed by atoms with Crippen LogP contribution in [0.1, 0.15) is 50.2 Å². The summed E-state index contributed by atoms with van der Waals surface area (Å²) in [6, 6.07) is 13.4. The maximum atomic E-state index is 15.6. The van der Waals surface area contributed by atoms with Crippen LogP contribution in [0.5, 0.6) is 0 Å². The summed E-state index contributed by atoms with van der Waals surface area (Å²) in [6.45, 7) is 30.5. The predicted molar refractivity (Wildman–Crippen MR) is 162 cm³/mol. The monoisotopic (exact) mass is 635 g/mol. The molecule has 0 fully saturated rings. The van der Waals surface area contributed by atoms with Gasteiger partial charge in [0.25, 0.3) is 11.4 Å². The summed E-state index contributed by atoms with van der Waals surface area (Å²) in [4.78, 5) is 16.2. The van der Waals surface area contributed by atoms with E-state index < -0.39 is 107 Å². The second kappa shape index (κ2) is 12.0. The summed E-state index contributed by atoms with van der Waals surface area (Å²) in [6.07, 6.45) is 0. The standard InChI is InChI=1S/C35H4F3N11/c1-45-22-8-20(36)16(7-21(22)37)31-34(25(14-44)47-3)30-18(10-40)28-17(9-39)27(15-5-6-26(38)49-23(15)12-42)33(24(13-43)46-2)29(28)19(11-41)32(30)35(31)48-4/h5-8H/b33-24-,34-25-. The van der Waals surface area contributed by atoms with E-state index in [1.165, 1.54) is 0 Å². The Morgan fingerprint density at radius 1 is 0.633 bits per heavy atom. The fourth-order valence-corrected chi connectivity index (χ4v) is 5.74. The Labute approximate surface area is 274 Å². The van der Waals surface area contributed by atoms with Crippen molar-refractivity contribution in [2.45, 2.75) is 0 Å². The van der Waals surface area contributed by atoms with Gasteiger partial charge in [-0.05, 0) is 46.5 Å². The largest absolute Gasteiger partial charge is 0.270 e. The molecule has 0 N–H and O–H groups in total. The van der Waals surface area contributed by atoms with Gasteiger partial charge >= 0.3 is 0 Å². The number of nitrogens with zero attached hydrogens (tertiary/aromatic N) is 11. The smallest absolute Gasteiger partial charge is 0.237 e. The number of hydrogen-bond acceptors (Lipinski definition) is 7. The fourth-order valence-electron chi connectivity index (χ4n) is 5.74. The molecule has 0 unspecified atom stereocenters. The highest BCUT2D eigenvalue weighted by atomic mass is 19.1. The molecule has 1 heterocycles. The van der Waals surface area contributed by atoms with Gasteiger partial charge in [0.2, 0.25) is 17.3 Å².